The fourth-order valence-electron chi connectivity index (χ4n) is 4.54. The van der Waals surface area contributed by atoms with Crippen molar-refractivity contribution in [2.24, 2.45) is 0 Å². The predicted molar refractivity (Wildman–Crippen MR) is 172 cm³/mol. The first-order valence-electron chi connectivity index (χ1n) is 14.1. The second kappa shape index (κ2) is 15.4. The van der Waals surface area contributed by atoms with E-state index in [9.17, 15) is 19.5 Å². The van der Waals surface area contributed by atoms with Crippen LogP contribution in [0.4, 0.5) is 0 Å². The molecule has 0 spiro atoms. The Morgan fingerprint density at radius 1 is 0.977 bits per heavy atom. The molecule has 0 saturated carbocycles. The van der Waals surface area contributed by atoms with E-state index in [4.69, 9.17) is 21.7 Å². The van der Waals surface area contributed by atoms with Crippen molar-refractivity contribution in [2.45, 2.75) is 39.4 Å². The molecule has 224 valence electrons. The Balaban J connectivity index is 1.72. The first-order valence-corrected chi connectivity index (χ1v) is 15.3. The summed E-state index contributed by atoms with van der Waals surface area (Å²) in [6.07, 6.45) is 2.33. The van der Waals surface area contributed by atoms with Crippen molar-refractivity contribution in [3.05, 3.63) is 100 Å². The number of amides is 2. The molecule has 0 bridgehead atoms. The average Bonchev–Trinajstić information content (AvgIpc) is 3.26. The number of thiocarbonyl (C=S) groups is 1. The van der Waals surface area contributed by atoms with E-state index in [-0.39, 0.29) is 16.8 Å². The zero-order valence-electron chi connectivity index (χ0n) is 24.1. The van der Waals surface area contributed by atoms with Gasteiger partial charge < -0.3 is 19.5 Å². The van der Waals surface area contributed by atoms with Crippen LogP contribution in [-0.2, 0) is 21.0 Å². The van der Waals surface area contributed by atoms with E-state index in [1.165, 1.54) is 0 Å². The van der Waals surface area contributed by atoms with Crippen LogP contribution in [0.1, 0.15) is 49.5 Å². The molecule has 1 aliphatic heterocycles. The highest BCUT2D eigenvalue weighted by atomic mass is 32.2. The van der Waals surface area contributed by atoms with Crippen LogP contribution in [0.3, 0.4) is 0 Å². The van der Waals surface area contributed by atoms with Crippen molar-refractivity contribution in [3.8, 4) is 11.5 Å². The van der Waals surface area contributed by atoms with Crippen molar-refractivity contribution in [1.29, 1.82) is 0 Å². The molecule has 1 fully saturated rings. The summed E-state index contributed by atoms with van der Waals surface area (Å²) in [5.41, 5.74) is 2.28. The van der Waals surface area contributed by atoms with Gasteiger partial charge in [-0.3, -0.25) is 19.3 Å². The minimum Gasteiger partial charge on any atom is -0.485 e. The monoisotopic (exact) mass is 618 g/mol. The van der Waals surface area contributed by atoms with E-state index < -0.39 is 24.5 Å². The molecule has 4 rings (SSSR count). The van der Waals surface area contributed by atoms with Crippen LogP contribution < -0.4 is 9.47 Å². The number of aliphatic carboxylic acids is 1. The van der Waals surface area contributed by atoms with Gasteiger partial charge in [0.2, 0.25) is 6.10 Å². The summed E-state index contributed by atoms with van der Waals surface area (Å²) in [4.78, 5) is 41.2. The number of benzene rings is 3. The topological polar surface area (TPSA) is 96.4 Å². The van der Waals surface area contributed by atoms with Crippen molar-refractivity contribution in [1.82, 2.24) is 9.80 Å². The summed E-state index contributed by atoms with van der Waals surface area (Å²) in [5, 5.41) is 9.17. The molecular formula is C33H34N2O6S2. The fraction of sp³-hybridized carbons (Fsp3) is 0.273. The highest BCUT2D eigenvalue weighted by Gasteiger charge is 2.33. The summed E-state index contributed by atoms with van der Waals surface area (Å²) in [6.45, 7) is 5.06. The lowest BCUT2D eigenvalue weighted by Crippen LogP contribution is -2.38. The normalized spacial score (nSPS) is 14.6. The smallest absolute Gasteiger partial charge is 0.323 e. The number of carboxylic acids is 1. The average molecular weight is 619 g/mol. The molecule has 3 aromatic carbocycles. The number of hydrogen-bond acceptors (Lipinski definition) is 7. The second-order valence-electron chi connectivity index (χ2n) is 9.88. The third kappa shape index (κ3) is 8.46. The molecule has 0 aromatic heterocycles. The van der Waals surface area contributed by atoms with E-state index >= 15 is 0 Å². The number of thioether (sulfide) groups is 1. The minimum absolute atomic E-state index is 0.149. The maximum Gasteiger partial charge on any atom is 0.323 e. The van der Waals surface area contributed by atoms with Crippen LogP contribution in [0.25, 0.3) is 6.08 Å². The lowest BCUT2D eigenvalue weighted by molar-refractivity contribution is -0.140. The number of ether oxygens (including phenoxy) is 2. The molecular weight excluding hydrogens is 585 g/mol. The van der Waals surface area contributed by atoms with Crippen LogP contribution in [0.15, 0.2) is 83.8 Å². The zero-order valence-corrected chi connectivity index (χ0v) is 25.7. The number of carbonyl (C=O) groups excluding carboxylic acids is 2. The molecule has 1 atom stereocenters. The van der Waals surface area contributed by atoms with Crippen molar-refractivity contribution < 1.29 is 29.0 Å². The van der Waals surface area contributed by atoms with Crippen molar-refractivity contribution in [2.75, 3.05) is 19.6 Å². The van der Waals surface area contributed by atoms with Crippen LogP contribution in [-0.4, -0.2) is 56.6 Å². The molecule has 1 saturated heterocycles. The molecule has 0 aliphatic carbocycles. The van der Waals surface area contributed by atoms with Gasteiger partial charge in [0.25, 0.3) is 11.8 Å². The molecule has 1 aliphatic rings. The van der Waals surface area contributed by atoms with Crippen LogP contribution in [0, 0.1) is 0 Å². The van der Waals surface area contributed by atoms with Gasteiger partial charge in [-0.25, -0.2) is 0 Å². The summed E-state index contributed by atoms with van der Waals surface area (Å²) in [5.74, 6) is -1.00. The van der Waals surface area contributed by atoms with Gasteiger partial charge in [-0.2, -0.15) is 0 Å². The maximum atomic E-state index is 13.9. The van der Waals surface area contributed by atoms with Gasteiger partial charge >= 0.3 is 5.97 Å². The standard InChI is InChI=1S/C33H34N2O6S2/c1-3-17-34(18-4-2)32(39)30(25-13-9-6-10-14-25)41-27-19-24(15-16-26(27)40-22-23-11-7-5-8-12-23)20-28-31(38)35(21-29(36)37)33(42)43-28/h5-16,19-20,30H,3-4,17-18,21-22H2,1-2H3,(H,36,37)/b28-20-. The van der Waals surface area contributed by atoms with Gasteiger partial charge in [-0.1, -0.05) is 105 Å². The predicted octanol–water partition coefficient (Wildman–Crippen LogP) is 6.32. The Hall–Kier alpha value is -4.15. The van der Waals surface area contributed by atoms with Gasteiger partial charge in [-0.15, -0.1) is 0 Å². The van der Waals surface area contributed by atoms with Gasteiger partial charge in [0.05, 0.1) is 4.91 Å². The SMILES string of the molecule is CCCN(CCC)C(=O)C(Oc1cc(/C=C2\SC(=S)N(CC(=O)O)C2=O)ccc1OCc1ccccc1)c1ccccc1. The quantitative estimate of drug-likeness (QED) is 0.166. The third-order valence-electron chi connectivity index (χ3n) is 6.54. The molecule has 8 nitrogen and oxygen atoms in total. The zero-order chi connectivity index (χ0) is 30.8. The van der Waals surface area contributed by atoms with Gasteiger partial charge in [0.1, 0.15) is 17.5 Å². The molecule has 1 heterocycles. The Bertz CT molecular complexity index is 1470. The van der Waals surface area contributed by atoms with Crippen molar-refractivity contribution in [3.63, 3.8) is 0 Å². The summed E-state index contributed by atoms with van der Waals surface area (Å²) < 4.78 is 12.9. The van der Waals surface area contributed by atoms with Gasteiger partial charge in [0, 0.05) is 18.7 Å². The fourth-order valence-corrected chi connectivity index (χ4v) is 5.79. The molecule has 10 heteroatoms. The lowest BCUT2D eigenvalue weighted by Gasteiger charge is -2.28. The van der Waals surface area contributed by atoms with E-state index in [0.29, 0.717) is 40.6 Å². The molecule has 2 amide bonds. The highest BCUT2D eigenvalue weighted by Crippen LogP contribution is 2.37. The van der Waals surface area contributed by atoms with E-state index in [2.05, 4.69) is 0 Å². The molecule has 43 heavy (non-hydrogen) atoms. The number of carbonyl (C=O) groups is 3. The minimum atomic E-state index is -1.15. The Morgan fingerprint density at radius 3 is 2.26 bits per heavy atom. The van der Waals surface area contributed by atoms with Crippen LogP contribution >= 0.6 is 24.0 Å². The Kier molecular flexibility index (Phi) is 11.4. The first kappa shape index (κ1) is 31.8. The van der Waals surface area contributed by atoms with E-state index in [1.54, 1.807) is 24.3 Å². The Morgan fingerprint density at radius 2 is 1.63 bits per heavy atom. The summed E-state index contributed by atoms with van der Waals surface area (Å²) >= 11 is 6.28. The molecule has 0 radical (unpaired) electrons. The Labute approximate surface area is 261 Å². The van der Waals surface area contributed by atoms with Gasteiger partial charge in [0.15, 0.2) is 11.5 Å². The maximum absolute atomic E-state index is 13.9. The van der Waals surface area contributed by atoms with Crippen LogP contribution in [0.5, 0.6) is 11.5 Å². The van der Waals surface area contributed by atoms with Crippen LogP contribution in [0.2, 0.25) is 0 Å². The number of rotatable bonds is 14. The van der Waals surface area contributed by atoms with E-state index in [1.807, 2.05) is 79.4 Å². The third-order valence-corrected chi connectivity index (χ3v) is 7.92. The summed E-state index contributed by atoms with van der Waals surface area (Å²) in [6, 6.07) is 24.3. The second-order valence-corrected chi connectivity index (χ2v) is 11.6. The molecule has 1 unspecified atom stereocenters. The molecule has 3 aromatic rings. The molecule has 1 N–H and O–H groups in total. The first-order chi connectivity index (χ1) is 20.8. The lowest BCUT2D eigenvalue weighted by atomic mass is 10.1. The summed E-state index contributed by atoms with van der Waals surface area (Å²) in [7, 11) is 0. The largest absolute Gasteiger partial charge is 0.485 e. The number of carboxylic acid groups (broad SMARTS) is 1. The van der Waals surface area contributed by atoms with Crippen molar-refractivity contribution >= 4 is 52.2 Å². The number of hydrogen-bond donors (Lipinski definition) is 1. The van der Waals surface area contributed by atoms with Gasteiger partial charge in [-0.05, 0) is 42.2 Å². The highest BCUT2D eigenvalue weighted by molar-refractivity contribution is 8.26. The van der Waals surface area contributed by atoms with E-state index in [0.717, 1.165) is 35.1 Å². The number of nitrogens with zero attached hydrogens (tertiary/aromatic N) is 2.